The molecule has 1 rings (SSSR count). The largest absolute Gasteiger partial charge is 0.489 e. The average Bonchev–Trinajstić information content (AvgIpc) is 2.18. The lowest BCUT2D eigenvalue weighted by Gasteiger charge is -2.09. The fourth-order valence-electron chi connectivity index (χ4n) is 1.15. The molecule has 0 saturated heterocycles. The number of nitrogens with one attached hydrogen (secondary N) is 1. The molecule has 0 bridgehead atoms. The van der Waals surface area contributed by atoms with Crippen molar-refractivity contribution in [3.05, 3.63) is 29.8 Å². The minimum Gasteiger partial charge on any atom is -0.478 e. The number of ether oxygens (including phenoxy) is 1. The zero-order valence-corrected chi connectivity index (χ0v) is 7.90. The van der Waals surface area contributed by atoms with Gasteiger partial charge in [-0.1, -0.05) is 18.2 Å². The first-order chi connectivity index (χ1) is 6.66. The fourth-order valence-corrected chi connectivity index (χ4v) is 1.15. The monoisotopic (exact) mass is 193 g/mol. The molecule has 0 aliphatic carbocycles. The van der Waals surface area contributed by atoms with E-state index in [9.17, 15) is 0 Å². The SMILES string of the molecule is CCOC(=N)c1ccccc1B(O)O. The molecule has 0 unspecified atom stereocenters. The van der Waals surface area contributed by atoms with E-state index in [1.165, 1.54) is 0 Å². The summed E-state index contributed by atoms with van der Waals surface area (Å²) in [6, 6.07) is 6.56. The van der Waals surface area contributed by atoms with Crippen molar-refractivity contribution in [2.45, 2.75) is 6.92 Å². The van der Waals surface area contributed by atoms with Crippen LogP contribution < -0.4 is 5.46 Å². The van der Waals surface area contributed by atoms with Gasteiger partial charge in [0, 0.05) is 5.56 Å². The molecule has 1 aromatic carbocycles. The predicted molar refractivity (Wildman–Crippen MR) is 54.7 cm³/mol. The summed E-state index contributed by atoms with van der Waals surface area (Å²) in [6.07, 6.45) is 0. The Morgan fingerprint density at radius 1 is 1.43 bits per heavy atom. The van der Waals surface area contributed by atoms with Gasteiger partial charge in [0.2, 0.25) is 5.90 Å². The molecule has 0 aliphatic rings. The number of rotatable bonds is 3. The topological polar surface area (TPSA) is 73.5 Å². The van der Waals surface area contributed by atoms with Gasteiger partial charge in [0.05, 0.1) is 6.61 Å². The molecule has 0 amide bonds. The van der Waals surface area contributed by atoms with Crippen LogP contribution in [0, 0.1) is 5.41 Å². The number of hydrogen-bond acceptors (Lipinski definition) is 4. The van der Waals surface area contributed by atoms with Gasteiger partial charge >= 0.3 is 7.12 Å². The lowest BCUT2D eigenvalue weighted by Crippen LogP contribution is -2.35. The van der Waals surface area contributed by atoms with Gasteiger partial charge in [-0.2, -0.15) is 0 Å². The highest BCUT2D eigenvalue weighted by atomic mass is 16.5. The first-order valence-electron chi connectivity index (χ1n) is 4.33. The second-order valence-electron chi connectivity index (χ2n) is 2.72. The van der Waals surface area contributed by atoms with Crippen molar-refractivity contribution in [1.82, 2.24) is 0 Å². The summed E-state index contributed by atoms with van der Waals surface area (Å²) >= 11 is 0. The Kier molecular flexibility index (Phi) is 3.68. The molecular weight excluding hydrogens is 181 g/mol. The van der Waals surface area contributed by atoms with Gasteiger partial charge in [0.15, 0.2) is 0 Å². The van der Waals surface area contributed by atoms with Crippen molar-refractivity contribution in [3.8, 4) is 0 Å². The van der Waals surface area contributed by atoms with E-state index in [4.69, 9.17) is 20.2 Å². The Balaban J connectivity index is 3.00. The van der Waals surface area contributed by atoms with Gasteiger partial charge < -0.3 is 14.8 Å². The minimum absolute atomic E-state index is 0.0452. The second-order valence-corrected chi connectivity index (χ2v) is 2.72. The van der Waals surface area contributed by atoms with E-state index < -0.39 is 7.12 Å². The van der Waals surface area contributed by atoms with Crippen LogP contribution in [0.5, 0.6) is 0 Å². The number of benzene rings is 1. The third kappa shape index (κ3) is 2.34. The maximum absolute atomic E-state index is 9.02. The minimum atomic E-state index is -1.58. The molecule has 0 aromatic heterocycles. The van der Waals surface area contributed by atoms with Gasteiger partial charge in [-0.3, -0.25) is 5.41 Å². The second kappa shape index (κ2) is 4.78. The molecule has 0 fully saturated rings. The first kappa shape index (κ1) is 10.8. The summed E-state index contributed by atoms with van der Waals surface area (Å²) in [6.45, 7) is 2.15. The first-order valence-corrected chi connectivity index (χ1v) is 4.33. The van der Waals surface area contributed by atoms with E-state index >= 15 is 0 Å². The highest BCUT2D eigenvalue weighted by Gasteiger charge is 2.18. The fraction of sp³-hybridized carbons (Fsp3) is 0.222. The molecule has 0 heterocycles. The van der Waals surface area contributed by atoms with Crippen LogP contribution in [-0.2, 0) is 4.74 Å². The van der Waals surface area contributed by atoms with Crippen LogP contribution in [0.25, 0.3) is 0 Å². The van der Waals surface area contributed by atoms with Crippen molar-refractivity contribution in [2.75, 3.05) is 6.61 Å². The smallest absolute Gasteiger partial charge is 0.478 e. The van der Waals surface area contributed by atoms with Crippen LogP contribution in [0.4, 0.5) is 0 Å². The molecular formula is C9H12BNO3. The highest BCUT2D eigenvalue weighted by Crippen LogP contribution is 1.99. The highest BCUT2D eigenvalue weighted by molar-refractivity contribution is 6.60. The Hall–Kier alpha value is -1.33. The molecule has 1 aromatic rings. The Morgan fingerprint density at radius 3 is 2.64 bits per heavy atom. The van der Waals surface area contributed by atoms with Crippen LogP contribution in [0.3, 0.4) is 0 Å². The van der Waals surface area contributed by atoms with Gasteiger partial charge in [0.1, 0.15) is 0 Å². The third-order valence-corrected chi connectivity index (χ3v) is 1.77. The van der Waals surface area contributed by atoms with E-state index in [2.05, 4.69) is 0 Å². The molecule has 0 spiro atoms. The molecule has 0 atom stereocenters. The van der Waals surface area contributed by atoms with Crippen LogP contribution >= 0.6 is 0 Å². The maximum Gasteiger partial charge on any atom is 0.489 e. The Morgan fingerprint density at radius 2 is 2.07 bits per heavy atom. The van der Waals surface area contributed by atoms with E-state index in [1.807, 2.05) is 0 Å². The van der Waals surface area contributed by atoms with Crippen LogP contribution in [0.15, 0.2) is 24.3 Å². The lowest BCUT2D eigenvalue weighted by molar-refractivity contribution is 0.325. The predicted octanol–water partition coefficient (Wildman–Crippen LogP) is -0.272. The summed E-state index contributed by atoms with van der Waals surface area (Å²) in [4.78, 5) is 0. The molecule has 0 radical (unpaired) electrons. The summed E-state index contributed by atoms with van der Waals surface area (Å²) in [5.74, 6) is -0.0452. The maximum atomic E-state index is 9.02. The molecule has 3 N–H and O–H groups in total. The zero-order valence-electron chi connectivity index (χ0n) is 7.90. The zero-order chi connectivity index (χ0) is 10.6. The summed E-state index contributed by atoms with van der Waals surface area (Å²) < 4.78 is 4.98. The summed E-state index contributed by atoms with van der Waals surface area (Å²) in [7, 11) is -1.58. The van der Waals surface area contributed by atoms with E-state index in [0.29, 0.717) is 12.2 Å². The van der Waals surface area contributed by atoms with Crippen molar-refractivity contribution in [3.63, 3.8) is 0 Å². The molecule has 14 heavy (non-hydrogen) atoms. The van der Waals surface area contributed by atoms with Crippen molar-refractivity contribution in [1.29, 1.82) is 5.41 Å². The Labute approximate surface area is 82.8 Å². The number of hydrogen-bond donors (Lipinski definition) is 3. The van der Waals surface area contributed by atoms with Crippen molar-refractivity contribution >= 4 is 18.5 Å². The Bertz CT molecular complexity index is 328. The molecule has 0 aliphatic heterocycles. The van der Waals surface area contributed by atoms with E-state index in [1.54, 1.807) is 31.2 Å². The molecule has 0 saturated carbocycles. The summed E-state index contributed by atoms with van der Waals surface area (Å²) in [5.41, 5.74) is 0.690. The van der Waals surface area contributed by atoms with E-state index in [-0.39, 0.29) is 11.4 Å². The van der Waals surface area contributed by atoms with Crippen LogP contribution in [-0.4, -0.2) is 29.7 Å². The lowest BCUT2D eigenvalue weighted by atomic mass is 9.77. The van der Waals surface area contributed by atoms with Crippen molar-refractivity contribution in [2.24, 2.45) is 0 Å². The van der Waals surface area contributed by atoms with Crippen LogP contribution in [0.2, 0.25) is 0 Å². The van der Waals surface area contributed by atoms with Crippen LogP contribution in [0.1, 0.15) is 12.5 Å². The molecule has 5 heteroatoms. The quantitative estimate of drug-likeness (QED) is 0.351. The molecule has 4 nitrogen and oxygen atoms in total. The standard InChI is InChI=1S/C9H12BNO3/c1-2-14-9(11)7-5-3-4-6-8(7)10(12)13/h3-6,11-13H,2H2,1H3. The normalized spacial score (nSPS) is 9.64. The average molecular weight is 193 g/mol. The van der Waals surface area contributed by atoms with E-state index in [0.717, 1.165) is 0 Å². The van der Waals surface area contributed by atoms with Crippen molar-refractivity contribution < 1.29 is 14.8 Å². The molecule has 74 valence electrons. The third-order valence-electron chi connectivity index (χ3n) is 1.77. The van der Waals surface area contributed by atoms with Gasteiger partial charge in [-0.25, -0.2) is 0 Å². The van der Waals surface area contributed by atoms with Gasteiger partial charge in [-0.05, 0) is 18.5 Å². The summed E-state index contributed by atoms with van der Waals surface area (Å²) in [5, 5.41) is 25.6. The van der Waals surface area contributed by atoms with Gasteiger partial charge in [0.25, 0.3) is 0 Å². The van der Waals surface area contributed by atoms with Gasteiger partial charge in [-0.15, -0.1) is 0 Å².